The summed E-state index contributed by atoms with van der Waals surface area (Å²) in [6.45, 7) is 0. The number of ether oxygens (including phenoxy) is 1. The number of nitrogens with zero attached hydrogens (tertiary/aromatic N) is 1. The van der Waals surface area contributed by atoms with Crippen LogP contribution in [0.5, 0.6) is 11.5 Å². The van der Waals surface area contributed by atoms with Crippen LogP contribution in [0.4, 0.5) is 5.69 Å². The molecule has 0 saturated heterocycles. The number of rotatable bonds is 7. The number of aliphatic carboxylic acids is 1. The van der Waals surface area contributed by atoms with Crippen molar-refractivity contribution in [1.29, 1.82) is 0 Å². The predicted molar refractivity (Wildman–Crippen MR) is 117 cm³/mol. The molecule has 9 heteroatoms. The highest BCUT2D eigenvalue weighted by atomic mass is 79.9. The van der Waals surface area contributed by atoms with Crippen molar-refractivity contribution in [3.05, 3.63) is 104 Å². The van der Waals surface area contributed by atoms with Gasteiger partial charge < -0.3 is 15.2 Å². The maximum absolute atomic E-state index is 12.4. The van der Waals surface area contributed by atoms with E-state index in [1.165, 1.54) is 24.3 Å². The molecular weight excluding hydrogens is 468 g/mol. The number of non-ortho nitro benzene ring substituents is 1. The summed E-state index contributed by atoms with van der Waals surface area (Å²) in [6.07, 6.45) is 1.28. The Kier molecular flexibility index (Phi) is 6.78. The Balaban J connectivity index is 1.76. The van der Waals surface area contributed by atoms with Gasteiger partial charge in [0.15, 0.2) is 0 Å². The molecule has 3 aromatic rings. The van der Waals surface area contributed by atoms with E-state index in [2.05, 4.69) is 21.2 Å². The number of carbonyl (C=O) groups excluding carboxylic acids is 1. The number of nitro benzene ring substituents is 1. The Morgan fingerprint density at radius 1 is 1.03 bits per heavy atom. The van der Waals surface area contributed by atoms with Crippen LogP contribution < -0.4 is 10.1 Å². The minimum Gasteiger partial charge on any atom is -0.477 e. The summed E-state index contributed by atoms with van der Waals surface area (Å²) in [6, 6.07) is 18.9. The normalized spacial score (nSPS) is 10.9. The zero-order valence-corrected chi connectivity index (χ0v) is 17.4. The number of hydrogen-bond donors (Lipinski definition) is 2. The highest BCUT2D eigenvalue weighted by Crippen LogP contribution is 2.29. The van der Waals surface area contributed by atoms with Crippen molar-refractivity contribution in [3.63, 3.8) is 0 Å². The Bertz CT molecular complexity index is 1170. The zero-order chi connectivity index (χ0) is 22.4. The molecule has 0 aliphatic carbocycles. The number of carboxylic acids is 1. The van der Waals surface area contributed by atoms with Crippen LogP contribution in [-0.4, -0.2) is 21.9 Å². The van der Waals surface area contributed by atoms with Crippen LogP contribution in [0.15, 0.2) is 83.0 Å². The van der Waals surface area contributed by atoms with Crippen LogP contribution in [0, 0.1) is 10.1 Å². The topological polar surface area (TPSA) is 119 Å². The van der Waals surface area contributed by atoms with Crippen molar-refractivity contribution in [1.82, 2.24) is 5.32 Å². The van der Waals surface area contributed by atoms with Gasteiger partial charge in [-0.3, -0.25) is 14.9 Å². The van der Waals surface area contributed by atoms with Crippen molar-refractivity contribution in [2.24, 2.45) is 0 Å². The number of halogens is 1. The number of hydrogen-bond acceptors (Lipinski definition) is 5. The molecule has 1 amide bonds. The van der Waals surface area contributed by atoms with Gasteiger partial charge in [-0.1, -0.05) is 30.3 Å². The Labute approximate surface area is 185 Å². The number of nitro groups is 1. The lowest BCUT2D eigenvalue weighted by Gasteiger charge is -2.08. The third-order valence-corrected chi connectivity index (χ3v) is 4.71. The molecule has 0 saturated carbocycles. The van der Waals surface area contributed by atoms with Crippen LogP contribution in [0.25, 0.3) is 6.08 Å². The quantitative estimate of drug-likeness (QED) is 0.277. The number of para-hydroxylation sites is 1. The summed E-state index contributed by atoms with van der Waals surface area (Å²) in [5, 5.41) is 22.6. The Morgan fingerprint density at radius 3 is 2.39 bits per heavy atom. The number of benzene rings is 3. The first-order valence-electron chi connectivity index (χ1n) is 8.87. The fraction of sp³-hybridized carbons (Fsp3) is 0. The summed E-state index contributed by atoms with van der Waals surface area (Å²) in [5.74, 6) is -0.957. The lowest BCUT2D eigenvalue weighted by atomic mass is 10.1. The van der Waals surface area contributed by atoms with E-state index in [-0.39, 0.29) is 16.9 Å². The first kappa shape index (κ1) is 21.7. The molecule has 156 valence electrons. The summed E-state index contributed by atoms with van der Waals surface area (Å²) < 4.78 is 6.55. The molecule has 0 atom stereocenters. The van der Waals surface area contributed by atoms with Crippen LogP contribution >= 0.6 is 15.9 Å². The zero-order valence-electron chi connectivity index (χ0n) is 15.8. The van der Waals surface area contributed by atoms with Crippen molar-refractivity contribution in [3.8, 4) is 11.5 Å². The van der Waals surface area contributed by atoms with E-state index in [0.717, 1.165) is 10.5 Å². The highest BCUT2D eigenvalue weighted by molar-refractivity contribution is 9.10. The molecule has 0 aliphatic heterocycles. The van der Waals surface area contributed by atoms with E-state index < -0.39 is 16.8 Å². The molecule has 0 bridgehead atoms. The van der Waals surface area contributed by atoms with Crippen molar-refractivity contribution in [2.75, 3.05) is 0 Å². The molecule has 3 rings (SSSR count). The summed E-state index contributed by atoms with van der Waals surface area (Å²) in [7, 11) is 0. The van der Waals surface area contributed by atoms with Gasteiger partial charge in [0.2, 0.25) is 0 Å². The molecule has 0 fully saturated rings. The molecule has 0 spiro atoms. The van der Waals surface area contributed by atoms with Gasteiger partial charge in [0.05, 0.1) is 9.40 Å². The Hall–Kier alpha value is -3.98. The molecule has 3 aromatic carbocycles. The van der Waals surface area contributed by atoms with Gasteiger partial charge in [0.25, 0.3) is 11.6 Å². The van der Waals surface area contributed by atoms with Gasteiger partial charge >= 0.3 is 5.97 Å². The fourth-order valence-electron chi connectivity index (χ4n) is 2.56. The van der Waals surface area contributed by atoms with Gasteiger partial charge in [-0.25, -0.2) is 4.79 Å². The first-order valence-corrected chi connectivity index (χ1v) is 9.66. The SMILES string of the molecule is O=C(O)/C(=C/c1ccc(Oc2ccccc2Br)cc1)NC(=O)c1cccc([N+](=O)[O-])c1. The first-order chi connectivity index (χ1) is 14.8. The smallest absolute Gasteiger partial charge is 0.352 e. The molecule has 0 heterocycles. The molecule has 0 radical (unpaired) electrons. The van der Waals surface area contributed by atoms with Gasteiger partial charge in [-0.05, 0) is 57.9 Å². The lowest BCUT2D eigenvalue weighted by molar-refractivity contribution is -0.384. The van der Waals surface area contributed by atoms with E-state index in [1.807, 2.05) is 18.2 Å². The number of carbonyl (C=O) groups is 2. The summed E-state index contributed by atoms with van der Waals surface area (Å²) in [4.78, 5) is 34.1. The minimum absolute atomic E-state index is 0.0291. The van der Waals surface area contributed by atoms with Crippen molar-refractivity contribution >= 4 is 39.6 Å². The van der Waals surface area contributed by atoms with Gasteiger partial charge in [-0.15, -0.1) is 0 Å². The average Bonchev–Trinajstić information content (AvgIpc) is 2.76. The predicted octanol–water partition coefficient (Wildman–Crippen LogP) is 5.01. The highest BCUT2D eigenvalue weighted by Gasteiger charge is 2.16. The van der Waals surface area contributed by atoms with Crippen LogP contribution in [0.3, 0.4) is 0 Å². The minimum atomic E-state index is -1.35. The van der Waals surface area contributed by atoms with Crippen LogP contribution in [-0.2, 0) is 4.79 Å². The Morgan fingerprint density at radius 2 is 1.74 bits per heavy atom. The number of carboxylic acid groups (broad SMARTS) is 1. The van der Waals surface area contributed by atoms with E-state index in [9.17, 15) is 24.8 Å². The maximum atomic E-state index is 12.4. The monoisotopic (exact) mass is 482 g/mol. The number of nitrogens with one attached hydrogen (secondary N) is 1. The third-order valence-electron chi connectivity index (χ3n) is 4.05. The molecule has 2 N–H and O–H groups in total. The summed E-state index contributed by atoms with van der Waals surface area (Å²) >= 11 is 3.39. The fourth-order valence-corrected chi connectivity index (χ4v) is 2.93. The van der Waals surface area contributed by atoms with Crippen molar-refractivity contribution in [2.45, 2.75) is 0 Å². The van der Waals surface area contributed by atoms with E-state index >= 15 is 0 Å². The average molecular weight is 483 g/mol. The van der Waals surface area contributed by atoms with Crippen LogP contribution in [0.2, 0.25) is 0 Å². The largest absolute Gasteiger partial charge is 0.477 e. The van der Waals surface area contributed by atoms with E-state index in [1.54, 1.807) is 30.3 Å². The van der Waals surface area contributed by atoms with Crippen LogP contribution in [0.1, 0.15) is 15.9 Å². The second-order valence-corrected chi connectivity index (χ2v) is 7.08. The molecule has 0 unspecified atom stereocenters. The second kappa shape index (κ2) is 9.68. The molecule has 8 nitrogen and oxygen atoms in total. The summed E-state index contributed by atoms with van der Waals surface area (Å²) in [5.41, 5.74) is -0.167. The molecule has 31 heavy (non-hydrogen) atoms. The lowest BCUT2D eigenvalue weighted by Crippen LogP contribution is -2.27. The van der Waals surface area contributed by atoms with Gasteiger partial charge in [0.1, 0.15) is 17.2 Å². The second-order valence-electron chi connectivity index (χ2n) is 6.23. The standard InChI is InChI=1S/C22H15BrN2O6/c23-18-6-1-2-7-20(18)31-17-10-8-14(9-11-17)12-19(22(27)28)24-21(26)15-4-3-5-16(13-15)25(29)30/h1-13H,(H,24,26)(H,27,28)/b19-12-. The molecule has 0 aliphatic rings. The van der Waals surface area contributed by atoms with Crippen molar-refractivity contribution < 1.29 is 24.4 Å². The van der Waals surface area contributed by atoms with Gasteiger partial charge in [-0.2, -0.15) is 0 Å². The maximum Gasteiger partial charge on any atom is 0.352 e. The molecule has 0 aromatic heterocycles. The number of amides is 1. The van der Waals surface area contributed by atoms with E-state index in [0.29, 0.717) is 17.1 Å². The third kappa shape index (κ3) is 5.77. The van der Waals surface area contributed by atoms with E-state index in [4.69, 9.17) is 4.74 Å². The van der Waals surface area contributed by atoms with Gasteiger partial charge in [0, 0.05) is 17.7 Å². The molecular formula is C22H15BrN2O6.